The second kappa shape index (κ2) is 10.5. The van der Waals surface area contributed by atoms with E-state index in [4.69, 9.17) is 21.1 Å². The molecule has 5 nitrogen and oxygen atoms in total. The average molecular weight is 417 g/mol. The van der Waals surface area contributed by atoms with E-state index in [1.165, 1.54) is 24.8 Å². The van der Waals surface area contributed by atoms with Crippen LogP contribution in [0, 0.1) is 6.92 Å². The van der Waals surface area contributed by atoms with Crippen molar-refractivity contribution in [2.24, 2.45) is 0 Å². The highest BCUT2D eigenvalue weighted by molar-refractivity contribution is 6.30. The number of methoxy groups -OCH3 is 1. The summed E-state index contributed by atoms with van der Waals surface area (Å²) >= 11 is 5.97. The predicted octanol–water partition coefficient (Wildman–Crippen LogP) is 4.38. The van der Waals surface area contributed by atoms with E-state index >= 15 is 0 Å². The molecular weight excluding hydrogens is 388 g/mol. The number of piperidine rings is 1. The maximum absolute atomic E-state index is 12.4. The van der Waals surface area contributed by atoms with Crippen molar-refractivity contribution in [2.45, 2.75) is 32.2 Å². The zero-order valence-electron chi connectivity index (χ0n) is 17.1. The predicted molar refractivity (Wildman–Crippen MR) is 116 cm³/mol. The number of halogens is 1. The fourth-order valence-corrected chi connectivity index (χ4v) is 3.92. The van der Waals surface area contributed by atoms with Gasteiger partial charge in [0.05, 0.1) is 13.2 Å². The molecule has 1 heterocycles. The van der Waals surface area contributed by atoms with Crippen LogP contribution in [0.3, 0.4) is 0 Å². The van der Waals surface area contributed by atoms with Crippen molar-refractivity contribution < 1.29 is 14.3 Å². The summed E-state index contributed by atoms with van der Waals surface area (Å²) in [4.78, 5) is 14.9. The second-order valence-electron chi connectivity index (χ2n) is 7.39. The Hall–Kier alpha value is -2.24. The van der Waals surface area contributed by atoms with Crippen molar-refractivity contribution >= 4 is 17.5 Å². The third-order valence-electron chi connectivity index (χ3n) is 5.32. The van der Waals surface area contributed by atoms with Gasteiger partial charge in [-0.25, -0.2) is 0 Å². The lowest BCUT2D eigenvalue weighted by Gasteiger charge is -2.35. The summed E-state index contributed by atoms with van der Waals surface area (Å²) in [5.41, 5.74) is 2.09. The van der Waals surface area contributed by atoms with Crippen LogP contribution in [0.5, 0.6) is 11.5 Å². The number of aryl methyl sites for hydroxylation is 1. The van der Waals surface area contributed by atoms with E-state index in [9.17, 15) is 4.79 Å². The topological polar surface area (TPSA) is 50.8 Å². The summed E-state index contributed by atoms with van der Waals surface area (Å²) in [6, 6.07) is 13.6. The fraction of sp³-hybridized carbons (Fsp3) is 0.435. The molecule has 2 aromatic rings. The van der Waals surface area contributed by atoms with Gasteiger partial charge in [-0.15, -0.1) is 0 Å². The lowest BCUT2D eigenvalue weighted by Crippen LogP contribution is -2.41. The molecule has 0 aliphatic carbocycles. The number of likely N-dealkylation sites (tertiary alicyclic amines) is 1. The molecule has 0 unspecified atom stereocenters. The van der Waals surface area contributed by atoms with Crippen molar-refractivity contribution in [1.29, 1.82) is 0 Å². The first-order valence-electron chi connectivity index (χ1n) is 10.1. The van der Waals surface area contributed by atoms with Crippen LogP contribution in [-0.2, 0) is 4.79 Å². The van der Waals surface area contributed by atoms with Crippen LogP contribution in [-0.4, -0.2) is 44.2 Å². The minimum atomic E-state index is -0.130. The van der Waals surface area contributed by atoms with Crippen LogP contribution >= 0.6 is 11.6 Å². The molecule has 1 aliphatic heterocycles. The molecule has 1 saturated heterocycles. The van der Waals surface area contributed by atoms with Gasteiger partial charge in [0.15, 0.2) is 6.61 Å². The summed E-state index contributed by atoms with van der Waals surface area (Å²) < 4.78 is 10.9. The van der Waals surface area contributed by atoms with Crippen LogP contribution < -0.4 is 14.8 Å². The number of amides is 1. The minimum Gasteiger partial charge on any atom is -0.497 e. The number of rotatable bonds is 8. The molecule has 0 aromatic heterocycles. The Bertz CT molecular complexity index is 804. The second-order valence-corrected chi connectivity index (χ2v) is 7.82. The molecule has 29 heavy (non-hydrogen) atoms. The van der Waals surface area contributed by atoms with E-state index < -0.39 is 0 Å². The molecule has 1 aliphatic rings. The molecule has 0 saturated carbocycles. The highest BCUT2D eigenvalue weighted by Crippen LogP contribution is 2.26. The Morgan fingerprint density at radius 2 is 1.86 bits per heavy atom. The van der Waals surface area contributed by atoms with Crippen molar-refractivity contribution in [2.75, 3.05) is 33.4 Å². The van der Waals surface area contributed by atoms with Gasteiger partial charge in [0, 0.05) is 11.6 Å². The van der Waals surface area contributed by atoms with Gasteiger partial charge in [0.1, 0.15) is 11.5 Å². The molecule has 0 spiro atoms. The maximum Gasteiger partial charge on any atom is 0.258 e. The van der Waals surface area contributed by atoms with Crippen molar-refractivity contribution in [1.82, 2.24) is 10.2 Å². The summed E-state index contributed by atoms with van der Waals surface area (Å²) in [6.45, 7) is 4.54. The van der Waals surface area contributed by atoms with Gasteiger partial charge in [-0.1, -0.05) is 30.2 Å². The standard InChI is InChI=1S/C23H29ClN2O3/c1-17-14-19(24)8-11-22(17)29-16-23(27)25-15-21(26-12-4-3-5-13-26)18-6-9-20(28-2)10-7-18/h6-11,14,21H,3-5,12-13,15-16H2,1-2H3,(H,25,27)/t21-/m0/s1. The summed E-state index contributed by atoms with van der Waals surface area (Å²) in [6.07, 6.45) is 3.66. The number of carbonyl (C=O) groups is 1. The van der Waals surface area contributed by atoms with Crippen LogP contribution in [0.25, 0.3) is 0 Å². The van der Waals surface area contributed by atoms with Gasteiger partial charge in [0.25, 0.3) is 5.91 Å². The van der Waals surface area contributed by atoms with E-state index in [0.717, 1.165) is 24.4 Å². The molecule has 1 fully saturated rings. The number of carbonyl (C=O) groups excluding carboxylic acids is 1. The number of hydrogen-bond acceptors (Lipinski definition) is 4. The third-order valence-corrected chi connectivity index (χ3v) is 5.56. The normalized spacial score (nSPS) is 15.6. The molecule has 1 N–H and O–H groups in total. The highest BCUT2D eigenvalue weighted by Gasteiger charge is 2.23. The minimum absolute atomic E-state index is 0.0161. The molecule has 2 aromatic carbocycles. The summed E-state index contributed by atoms with van der Waals surface area (Å²) in [7, 11) is 1.67. The Labute approximate surface area is 177 Å². The average Bonchev–Trinajstić information content (AvgIpc) is 2.74. The molecule has 0 radical (unpaired) electrons. The molecule has 1 amide bonds. The molecular formula is C23H29ClN2O3. The van der Waals surface area contributed by atoms with Crippen LogP contribution in [0.4, 0.5) is 0 Å². The van der Waals surface area contributed by atoms with Gasteiger partial charge in [-0.3, -0.25) is 9.69 Å². The maximum atomic E-state index is 12.4. The molecule has 6 heteroatoms. The number of benzene rings is 2. The zero-order valence-corrected chi connectivity index (χ0v) is 17.9. The van der Waals surface area contributed by atoms with Crippen molar-refractivity contribution in [3.8, 4) is 11.5 Å². The van der Waals surface area contributed by atoms with Gasteiger partial charge in [0.2, 0.25) is 0 Å². The van der Waals surface area contributed by atoms with E-state index in [0.29, 0.717) is 17.3 Å². The summed E-state index contributed by atoms with van der Waals surface area (Å²) in [5, 5.41) is 3.70. The fourth-order valence-electron chi connectivity index (χ4n) is 3.69. The Morgan fingerprint density at radius 1 is 1.14 bits per heavy atom. The first-order valence-corrected chi connectivity index (χ1v) is 10.5. The number of nitrogens with zero attached hydrogens (tertiary/aromatic N) is 1. The van der Waals surface area contributed by atoms with Crippen LogP contribution in [0.1, 0.15) is 36.4 Å². The largest absolute Gasteiger partial charge is 0.497 e. The van der Waals surface area contributed by atoms with Gasteiger partial charge < -0.3 is 14.8 Å². The first-order chi connectivity index (χ1) is 14.1. The van der Waals surface area contributed by atoms with Crippen molar-refractivity contribution in [3.63, 3.8) is 0 Å². The number of hydrogen-bond donors (Lipinski definition) is 1. The molecule has 156 valence electrons. The lowest BCUT2D eigenvalue weighted by molar-refractivity contribution is -0.123. The highest BCUT2D eigenvalue weighted by atomic mass is 35.5. The van der Waals surface area contributed by atoms with Gasteiger partial charge in [-0.2, -0.15) is 0 Å². The van der Waals surface area contributed by atoms with Crippen molar-refractivity contribution in [3.05, 3.63) is 58.6 Å². The zero-order chi connectivity index (χ0) is 20.6. The van der Waals surface area contributed by atoms with Crippen LogP contribution in [0.2, 0.25) is 5.02 Å². The molecule has 1 atom stereocenters. The van der Waals surface area contributed by atoms with E-state index in [1.54, 1.807) is 19.2 Å². The monoisotopic (exact) mass is 416 g/mol. The van der Waals surface area contributed by atoms with Crippen LogP contribution in [0.15, 0.2) is 42.5 Å². The lowest BCUT2D eigenvalue weighted by atomic mass is 10.0. The van der Waals surface area contributed by atoms with E-state index in [2.05, 4.69) is 22.3 Å². The smallest absolute Gasteiger partial charge is 0.258 e. The van der Waals surface area contributed by atoms with E-state index in [1.807, 2.05) is 25.1 Å². The SMILES string of the molecule is COc1ccc([C@H](CNC(=O)COc2ccc(Cl)cc2C)N2CCCCC2)cc1. The summed E-state index contributed by atoms with van der Waals surface area (Å²) in [5.74, 6) is 1.38. The Kier molecular flexibility index (Phi) is 7.78. The first kappa shape index (κ1) is 21.5. The number of ether oxygens (including phenoxy) is 2. The quantitative estimate of drug-likeness (QED) is 0.693. The Balaban J connectivity index is 1.60. The Morgan fingerprint density at radius 3 is 2.52 bits per heavy atom. The molecule has 0 bridgehead atoms. The van der Waals surface area contributed by atoms with E-state index in [-0.39, 0.29) is 18.6 Å². The third kappa shape index (κ3) is 6.12. The van der Waals surface area contributed by atoms with Gasteiger partial charge >= 0.3 is 0 Å². The number of nitrogens with one attached hydrogen (secondary N) is 1. The van der Waals surface area contributed by atoms with Gasteiger partial charge in [-0.05, 0) is 74.3 Å². The molecule has 3 rings (SSSR count).